The molecule has 0 saturated heterocycles. The van der Waals surface area contributed by atoms with E-state index in [0.717, 1.165) is 5.56 Å². The molecule has 2 rings (SSSR count). The van der Waals surface area contributed by atoms with Gasteiger partial charge in [0, 0.05) is 5.56 Å². The Bertz CT molecular complexity index is 1240. The number of Topliss-reactive ketones (excluding diaryl/α,β-unsaturated/α-hetero) is 1. The standard InChI is InChI=1S/C27H29NO5S/c1-5-7-18-28(34(31,32)25-16-14-21(3)15-17-25)19-10-13-23-11-8-9-12-24(23)20-26(22(4)29)27(30)33-6-2/h8-9,11-12,14-17,26H,6,18-20H2,1-4H3. The maximum absolute atomic E-state index is 13.1. The van der Waals surface area contributed by atoms with Crippen LogP contribution in [0.15, 0.2) is 53.4 Å². The average Bonchev–Trinajstić information content (AvgIpc) is 2.80. The number of ether oxygens (including phenoxy) is 1. The molecule has 1 atom stereocenters. The maximum atomic E-state index is 13.1. The highest BCUT2D eigenvalue weighted by Gasteiger charge is 2.26. The molecule has 0 radical (unpaired) electrons. The number of benzene rings is 2. The molecule has 0 aliphatic rings. The van der Waals surface area contributed by atoms with Gasteiger partial charge in [0.05, 0.1) is 24.6 Å². The Morgan fingerprint density at radius 2 is 1.68 bits per heavy atom. The molecule has 0 heterocycles. The number of hydrogen-bond acceptors (Lipinski definition) is 5. The summed E-state index contributed by atoms with van der Waals surface area (Å²) in [6, 6.07) is 13.8. The van der Waals surface area contributed by atoms with Crippen LogP contribution < -0.4 is 0 Å². The average molecular weight is 480 g/mol. The van der Waals surface area contributed by atoms with Crippen LogP contribution in [0.1, 0.15) is 37.5 Å². The second-order valence-electron chi connectivity index (χ2n) is 7.59. The minimum Gasteiger partial charge on any atom is -0.465 e. The van der Waals surface area contributed by atoms with Gasteiger partial charge >= 0.3 is 5.97 Å². The molecular formula is C27H29NO5S. The fourth-order valence-corrected chi connectivity index (χ4v) is 4.40. The number of ketones is 1. The lowest BCUT2D eigenvalue weighted by Gasteiger charge is -2.17. The second-order valence-corrected chi connectivity index (χ2v) is 9.53. The molecule has 6 nitrogen and oxygen atoms in total. The smallest absolute Gasteiger partial charge is 0.316 e. The summed E-state index contributed by atoms with van der Waals surface area (Å²) in [5.74, 6) is 9.68. The Labute approximate surface area is 202 Å². The first kappa shape index (κ1) is 26.9. The minimum atomic E-state index is -3.78. The van der Waals surface area contributed by atoms with Gasteiger partial charge in [-0.15, -0.1) is 5.92 Å². The van der Waals surface area contributed by atoms with E-state index in [-0.39, 0.29) is 36.8 Å². The van der Waals surface area contributed by atoms with Crippen molar-refractivity contribution in [3.8, 4) is 23.7 Å². The molecule has 0 saturated carbocycles. The Hall–Kier alpha value is -3.39. The predicted octanol–water partition coefficient (Wildman–Crippen LogP) is 3.37. The lowest BCUT2D eigenvalue weighted by Crippen LogP contribution is -2.32. The Morgan fingerprint density at radius 3 is 2.29 bits per heavy atom. The summed E-state index contributed by atoms with van der Waals surface area (Å²) in [5.41, 5.74) is 2.29. The normalized spacial score (nSPS) is 11.6. The van der Waals surface area contributed by atoms with E-state index in [2.05, 4.69) is 23.7 Å². The molecule has 7 heteroatoms. The molecule has 0 aliphatic carbocycles. The van der Waals surface area contributed by atoms with Gasteiger partial charge in [0.25, 0.3) is 0 Å². The van der Waals surface area contributed by atoms with Crippen LogP contribution in [0.5, 0.6) is 0 Å². The highest BCUT2D eigenvalue weighted by Crippen LogP contribution is 2.17. The molecule has 1 unspecified atom stereocenters. The van der Waals surface area contributed by atoms with Gasteiger partial charge in [0.2, 0.25) is 10.0 Å². The summed E-state index contributed by atoms with van der Waals surface area (Å²) in [6.07, 6.45) is 0.158. The first-order chi connectivity index (χ1) is 16.2. The number of rotatable bonds is 9. The van der Waals surface area contributed by atoms with Crippen LogP contribution in [-0.4, -0.2) is 44.2 Å². The van der Waals surface area contributed by atoms with Gasteiger partial charge in [0.1, 0.15) is 11.7 Å². The van der Waals surface area contributed by atoms with Gasteiger partial charge in [-0.2, -0.15) is 4.31 Å². The van der Waals surface area contributed by atoms with Crippen LogP contribution >= 0.6 is 0 Å². The van der Waals surface area contributed by atoms with Crippen molar-refractivity contribution in [2.75, 3.05) is 19.7 Å². The van der Waals surface area contributed by atoms with E-state index in [9.17, 15) is 18.0 Å². The second kappa shape index (κ2) is 12.7. The predicted molar refractivity (Wildman–Crippen MR) is 131 cm³/mol. The van der Waals surface area contributed by atoms with Gasteiger partial charge in [-0.1, -0.05) is 53.7 Å². The molecule has 0 aliphatic heterocycles. The zero-order chi connectivity index (χ0) is 25.1. The SMILES string of the molecule is CC#CCN(CC#Cc1ccccc1CC(C(C)=O)C(=O)OCC)S(=O)(=O)c1ccc(C)cc1. The third-order valence-corrected chi connectivity index (χ3v) is 6.88. The topological polar surface area (TPSA) is 80.8 Å². The summed E-state index contributed by atoms with van der Waals surface area (Å²) in [5, 5.41) is 0. The Kier molecular flexibility index (Phi) is 10.1. The van der Waals surface area contributed by atoms with Crippen molar-refractivity contribution in [1.82, 2.24) is 4.31 Å². The zero-order valence-electron chi connectivity index (χ0n) is 19.9. The molecule has 34 heavy (non-hydrogen) atoms. The third kappa shape index (κ3) is 7.31. The van der Waals surface area contributed by atoms with Crippen molar-refractivity contribution in [1.29, 1.82) is 0 Å². The van der Waals surface area contributed by atoms with Crippen molar-refractivity contribution >= 4 is 21.8 Å². The van der Waals surface area contributed by atoms with E-state index in [1.54, 1.807) is 62.4 Å². The molecule has 0 N–H and O–H groups in total. The maximum Gasteiger partial charge on any atom is 0.316 e. The number of nitrogens with zero attached hydrogens (tertiary/aromatic N) is 1. The molecule has 178 valence electrons. The van der Waals surface area contributed by atoms with E-state index in [1.807, 2.05) is 6.92 Å². The summed E-state index contributed by atoms with van der Waals surface area (Å²) >= 11 is 0. The first-order valence-corrected chi connectivity index (χ1v) is 12.3. The quantitative estimate of drug-likeness (QED) is 0.313. The number of aryl methyl sites for hydroxylation is 1. The Balaban J connectivity index is 2.31. The third-order valence-electron chi connectivity index (χ3n) is 5.07. The number of esters is 1. The van der Waals surface area contributed by atoms with Crippen molar-refractivity contribution < 1.29 is 22.7 Å². The minimum absolute atomic E-state index is 0.0122. The number of carbonyl (C=O) groups excluding carboxylic acids is 2. The monoisotopic (exact) mass is 479 g/mol. The lowest BCUT2D eigenvalue weighted by molar-refractivity contribution is -0.151. The van der Waals surface area contributed by atoms with Gasteiger partial charge < -0.3 is 4.74 Å². The molecule has 0 aromatic heterocycles. The van der Waals surface area contributed by atoms with Crippen LogP contribution in [0.25, 0.3) is 0 Å². The largest absolute Gasteiger partial charge is 0.465 e. The molecule has 0 spiro atoms. The van der Waals surface area contributed by atoms with Crippen LogP contribution in [0, 0.1) is 36.5 Å². The first-order valence-electron chi connectivity index (χ1n) is 10.9. The fourth-order valence-electron chi connectivity index (χ4n) is 3.15. The van der Waals surface area contributed by atoms with Gasteiger partial charge in [-0.05, 0) is 57.9 Å². The molecule has 0 bridgehead atoms. The lowest BCUT2D eigenvalue weighted by atomic mass is 9.93. The molecule has 2 aromatic rings. The zero-order valence-corrected chi connectivity index (χ0v) is 20.7. The highest BCUT2D eigenvalue weighted by molar-refractivity contribution is 7.89. The van der Waals surface area contributed by atoms with Crippen molar-refractivity contribution in [3.05, 3.63) is 65.2 Å². The van der Waals surface area contributed by atoms with Crippen LogP contribution in [-0.2, 0) is 30.8 Å². The Morgan fingerprint density at radius 1 is 1.03 bits per heavy atom. The van der Waals surface area contributed by atoms with Crippen molar-refractivity contribution in [3.63, 3.8) is 0 Å². The summed E-state index contributed by atoms with van der Waals surface area (Å²) in [7, 11) is -3.78. The molecule has 0 fully saturated rings. The van der Waals surface area contributed by atoms with E-state index in [0.29, 0.717) is 11.1 Å². The highest BCUT2D eigenvalue weighted by atomic mass is 32.2. The van der Waals surface area contributed by atoms with E-state index in [1.165, 1.54) is 11.2 Å². The molecular weight excluding hydrogens is 450 g/mol. The van der Waals surface area contributed by atoms with Crippen LogP contribution in [0.4, 0.5) is 0 Å². The number of carbonyl (C=O) groups is 2. The van der Waals surface area contributed by atoms with Crippen molar-refractivity contribution in [2.45, 2.75) is 39.0 Å². The number of hydrogen-bond donors (Lipinski definition) is 0. The summed E-state index contributed by atoms with van der Waals surface area (Å²) in [6.45, 7) is 6.72. The van der Waals surface area contributed by atoms with Crippen LogP contribution in [0.3, 0.4) is 0 Å². The van der Waals surface area contributed by atoms with Gasteiger partial charge in [-0.25, -0.2) is 8.42 Å². The molecule has 0 amide bonds. The van der Waals surface area contributed by atoms with Gasteiger partial charge in [0.15, 0.2) is 0 Å². The van der Waals surface area contributed by atoms with Crippen LogP contribution in [0.2, 0.25) is 0 Å². The van der Waals surface area contributed by atoms with E-state index < -0.39 is 21.9 Å². The summed E-state index contributed by atoms with van der Waals surface area (Å²) < 4.78 is 32.5. The fraction of sp³-hybridized carbons (Fsp3) is 0.333. The van der Waals surface area contributed by atoms with E-state index in [4.69, 9.17) is 4.74 Å². The molecule has 2 aromatic carbocycles. The number of sulfonamides is 1. The summed E-state index contributed by atoms with van der Waals surface area (Å²) in [4.78, 5) is 24.4. The van der Waals surface area contributed by atoms with Crippen molar-refractivity contribution in [2.24, 2.45) is 5.92 Å². The van der Waals surface area contributed by atoms with E-state index >= 15 is 0 Å². The van der Waals surface area contributed by atoms with Gasteiger partial charge in [-0.3, -0.25) is 9.59 Å².